The van der Waals surface area contributed by atoms with E-state index in [2.05, 4.69) is 70.1 Å². The summed E-state index contributed by atoms with van der Waals surface area (Å²) in [7, 11) is 1.33. The predicted octanol–water partition coefficient (Wildman–Crippen LogP) is 20.6. The van der Waals surface area contributed by atoms with Gasteiger partial charge in [0, 0.05) is 122 Å². The van der Waals surface area contributed by atoms with Crippen molar-refractivity contribution in [3.8, 4) is 28.7 Å². The molecule has 10 nitrogen and oxygen atoms in total. The minimum absolute atomic E-state index is 0.0349. The predicted molar refractivity (Wildman–Crippen MR) is 423 cm³/mol. The highest BCUT2D eigenvalue weighted by molar-refractivity contribution is 7.98. The zero-order valence-electron chi connectivity index (χ0n) is 60.1. The highest BCUT2D eigenvalue weighted by atomic mass is 32.2. The van der Waals surface area contributed by atoms with Gasteiger partial charge in [0.05, 0.1) is 5.92 Å². The van der Waals surface area contributed by atoms with Gasteiger partial charge in [-0.1, -0.05) is 105 Å². The Kier molecular flexibility index (Phi) is 27.9. The summed E-state index contributed by atoms with van der Waals surface area (Å²) < 4.78 is 99.8. The molecule has 5 aliphatic rings. The standard InChI is InChI=1S/C19H23O2S.C17H16F3O2S.C17H19O2S.C16H14F3O2S.C16H17O2S/c1-14(2)19(20)21-17-10-11-18(22-12-6-3-7-13-22)16-9-5-4-8-15(16)17;18-17(19,20)16(21)22-14-8-9-15(23-10-4-1-5-11-23)13-7-3-2-6-12(13)14;1-13(18)19-16-9-10-17(20-11-5-2-6-12-20)15-8-4-3-7-14(15)16;17-16(18,19)15(20)21-13-7-8-14(22-9-3-4-10-22)12-6-2-1-5-11(12)13;1-12(17)18-15-8-9-16(19-10-4-5-11-19)14-7-3-2-6-13(14)15/h4-5,8-11,14H,3,6-7,12-13H2,1-2H3;2-3,6-9H,1,4-5,10-11H2;3-4,7-10H,2,5-6,11-12H2,1H3;1-2,5-8H,3-4,9-10H2;2-3,6-9H,4-5,10-11H2,1H3/q5*+1. The number of benzene rings is 10. The molecule has 0 spiro atoms. The van der Waals surface area contributed by atoms with E-state index in [9.17, 15) is 50.3 Å². The van der Waals surface area contributed by atoms with Crippen LogP contribution in [0.2, 0.25) is 0 Å². The van der Waals surface area contributed by atoms with Crippen molar-refractivity contribution in [3.05, 3.63) is 182 Å². The van der Waals surface area contributed by atoms with Crippen LogP contribution >= 0.6 is 0 Å². The Hall–Kier alpha value is -7.82. The number of hydrogen-bond donors (Lipinski definition) is 0. The fourth-order valence-electron chi connectivity index (χ4n) is 13.7. The first kappa shape index (κ1) is 79.2. The highest BCUT2D eigenvalue weighted by Gasteiger charge is 2.43. The largest absolute Gasteiger partial charge is 0.491 e. The zero-order chi connectivity index (χ0) is 74.9. The number of esters is 5. The maximum Gasteiger partial charge on any atom is 0.491 e. The number of carbonyl (C=O) groups excluding carboxylic acids is 5. The third-order valence-corrected chi connectivity index (χ3v) is 31.4. The molecule has 0 N–H and O–H groups in total. The number of hydrogen-bond acceptors (Lipinski definition) is 10. The zero-order valence-corrected chi connectivity index (χ0v) is 64.1. The summed E-state index contributed by atoms with van der Waals surface area (Å²) in [5.74, 6) is 9.08. The van der Waals surface area contributed by atoms with Gasteiger partial charge in [-0.3, -0.25) is 14.4 Å². The summed E-state index contributed by atoms with van der Waals surface area (Å²) in [6.45, 7) is 6.62. The molecule has 21 heteroatoms. The van der Waals surface area contributed by atoms with Crippen molar-refractivity contribution in [3.63, 3.8) is 0 Å². The quantitative estimate of drug-likeness (QED) is 0.0534. The second kappa shape index (κ2) is 37.3. The maximum atomic E-state index is 12.4. The molecule has 556 valence electrons. The van der Waals surface area contributed by atoms with Crippen LogP contribution in [0.1, 0.15) is 111 Å². The van der Waals surface area contributed by atoms with Gasteiger partial charge in [0.25, 0.3) is 0 Å². The summed E-state index contributed by atoms with van der Waals surface area (Å²) in [6.07, 6.45) is 6.73. The molecule has 5 fully saturated rings. The van der Waals surface area contributed by atoms with Crippen LogP contribution in [-0.4, -0.2) is 99.7 Å². The molecule has 0 radical (unpaired) electrons. The van der Waals surface area contributed by atoms with E-state index in [1.165, 1.54) is 175 Å². The first-order chi connectivity index (χ1) is 51.1. The Bertz CT molecular complexity index is 4730. The van der Waals surface area contributed by atoms with Crippen LogP contribution in [0.25, 0.3) is 53.9 Å². The lowest BCUT2D eigenvalue weighted by Crippen LogP contribution is -2.28. The van der Waals surface area contributed by atoms with Crippen molar-refractivity contribution >= 4 is 138 Å². The average molecular weight is 1540 g/mol. The van der Waals surface area contributed by atoms with Crippen molar-refractivity contribution in [2.24, 2.45) is 5.92 Å². The van der Waals surface area contributed by atoms with Crippen molar-refractivity contribution in [2.75, 3.05) is 57.5 Å². The summed E-state index contributed by atoms with van der Waals surface area (Å²) in [6, 6.07) is 58.1. The van der Waals surface area contributed by atoms with Crippen LogP contribution in [0.3, 0.4) is 0 Å². The summed E-state index contributed by atoms with van der Waals surface area (Å²) in [5.41, 5.74) is 0. The number of fused-ring (bicyclic) bond motifs is 5. The molecule has 5 saturated heterocycles. The van der Waals surface area contributed by atoms with E-state index in [-0.39, 0.29) is 57.1 Å². The molecule has 106 heavy (non-hydrogen) atoms. The fraction of sp³-hybridized carbons (Fsp3) is 0.353. The SMILES string of the molecule is CC(=O)Oc1ccc([S+]2CCCC2)c2ccccc12.CC(=O)Oc1ccc([S+]2CCCCC2)c2ccccc12.CC(C)C(=O)Oc1ccc([S+]2CCCCC2)c2ccccc12.O=C(Oc1ccc([S+]2CCCC2)c2ccccc12)C(F)(F)F.O=C(Oc1ccc([S+]2CCCCC2)c2ccccc12)C(F)(F)F. The Labute approximate surface area is 630 Å². The molecule has 0 aromatic heterocycles. The lowest BCUT2D eigenvalue weighted by Gasteiger charge is -2.16. The van der Waals surface area contributed by atoms with Gasteiger partial charge in [-0.05, 0) is 174 Å². The third-order valence-electron chi connectivity index (χ3n) is 18.7. The van der Waals surface area contributed by atoms with Crippen molar-refractivity contribution in [2.45, 2.75) is 148 Å². The van der Waals surface area contributed by atoms with E-state index >= 15 is 0 Å². The number of ether oxygens (including phenoxy) is 5. The van der Waals surface area contributed by atoms with Gasteiger partial charge < -0.3 is 23.7 Å². The molecule has 10 aromatic carbocycles. The van der Waals surface area contributed by atoms with Crippen LogP contribution in [-0.2, 0) is 78.4 Å². The van der Waals surface area contributed by atoms with E-state index in [1.807, 2.05) is 92.7 Å². The fourth-order valence-corrected chi connectivity index (χ4v) is 26.2. The summed E-state index contributed by atoms with van der Waals surface area (Å²) >= 11 is 0. The smallest absolute Gasteiger partial charge is 0.426 e. The van der Waals surface area contributed by atoms with Crippen LogP contribution in [0.15, 0.2) is 206 Å². The van der Waals surface area contributed by atoms with Crippen LogP contribution in [0, 0.1) is 5.92 Å². The van der Waals surface area contributed by atoms with Gasteiger partial charge in [-0.15, -0.1) is 0 Å². The molecule has 0 aliphatic carbocycles. The second-order valence-electron chi connectivity index (χ2n) is 26.7. The summed E-state index contributed by atoms with van der Waals surface area (Å²) in [5, 5.41) is 9.77. The topological polar surface area (TPSA) is 132 Å². The number of halogens is 6. The van der Waals surface area contributed by atoms with Gasteiger partial charge in [-0.2, -0.15) is 26.3 Å². The maximum absolute atomic E-state index is 12.4. The molecule has 0 bridgehead atoms. The molecular formula is C85H89F6O10S5+5. The van der Waals surface area contributed by atoms with E-state index in [1.54, 1.807) is 30.3 Å². The van der Waals surface area contributed by atoms with Crippen LogP contribution < -0.4 is 23.7 Å². The van der Waals surface area contributed by atoms with Crippen molar-refractivity contribution < 1.29 is 74.0 Å². The molecule has 0 atom stereocenters. The molecule has 15 rings (SSSR count). The number of carbonyl (C=O) groups is 5. The van der Waals surface area contributed by atoms with E-state index in [4.69, 9.17) is 14.2 Å². The molecule has 0 amide bonds. The van der Waals surface area contributed by atoms with Gasteiger partial charge in [-0.25, -0.2) is 9.59 Å². The third kappa shape index (κ3) is 20.5. The molecule has 0 saturated carbocycles. The monoisotopic (exact) mass is 1540 g/mol. The Morgan fingerprint density at radius 2 is 0.462 bits per heavy atom. The Morgan fingerprint density at radius 1 is 0.274 bits per heavy atom. The van der Waals surface area contributed by atoms with Gasteiger partial charge >= 0.3 is 42.2 Å². The van der Waals surface area contributed by atoms with E-state index in [0.717, 1.165) is 59.7 Å². The lowest BCUT2D eigenvalue weighted by molar-refractivity contribution is -0.189. The highest BCUT2D eigenvalue weighted by Crippen LogP contribution is 2.41. The van der Waals surface area contributed by atoms with Gasteiger partial charge in [0.1, 0.15) is 86.3 Å². The second-order valence-corrected chi connectivity index (χ2v) is 37.9. The van der Waals surface area contributed by atoms with Crippen molar-refractivity contribution in [1.82, 2.24) is 0 Å². The normalized spacial score (nSPS) is 16.2. The molecule has 10 aromatic rings. The van der Waals surface area contributed by atoms with Gasteiger partial charge in [0.2, 0.25) is 0 Å². The minimum atomic E-state index is -5.00. The van der Waals surface area contributed by atoms with Crippen molar-refractivity contribution in [1.29, 1.82) is 0 Å². The van der Waals surface area contributed by atoms with E-state index < -0.39 is 24.3 Å². The molecule has 5 aliphatic heterocycles. The first-order valence-electron chi connectivity index (χ1n) is 36.2. The number of alkyl halides is 6. The minimum Gasteiger partial charge on any atom is -0.426 e. The molecule has 0 unspecified atom stereocenters. The average Bonchev–Trinajstić information content (AvgIpc) is 1.01. The number of rotatable bonds is 11. The van der Waals surface area contributed by atoms with Crippen LogP contribution in [0.4, 0.5) is 26.3 Å². The lowest BCUT2D eigenvalue weighted by atomic mass is 10.1. The summed E-state index contributed by atoms with van der Waals surface area (Å²) in [4.78, 5) is 63.1. The molecule has 5 heterocycles. The Balaban J connectivity index is 0.000000132. The molecular weight excluding hydrogens is 1460 g/mol. The van der Waals surface area contributed by atoms with Gasteiger partial charge in [0.15, 0.2) is 24.5 Å². The van der Waals surface area contributed by atoms with Crippen LogP contribution in [0.5, 0.6) is 28.7 Å². The Morgan fingerprint density at radius 3 is 0.660 bits per heavy atom. The van der Waals surface area contributed by atoms with E-state index in [0.29, 0.717) is 60.7 Å². The first-order valence-corrected chi connectivity index (χ1v) is 44.1.